The van der Waals surface area contributed by atoms with Gasteiger partial charge in [-0.1, -0.05) is 146 Å². The Kier molecular flexibility index (Phi) is 6.04. The molecular formula is C57H33N5. The molecule has 0 bridgehead atoms. The molecule has 1 spiro atoms. The monoisotopic (exact) mass is 787 g/mol. The number of fused-ring (bicyclic) bond motifs is 20. The molecule has 0 radical (unpaired) electrons. The minimum atomic E-state index is -0.582. The van der Waals surface area contributed by atoms with E-state index >= 15 is 0 Å². The molecule has 9 aromatic carbocycles. The van der Waals surface area contributed by atoms with Crippen LogP contribution in [0.25, 0.3) is 88.0 Å². The average molecular weight is 788 g/mol. The van der Waals surface area contributed by atoms with Gasteiger partial charge in [0.2, 0.25) is 0 Å². The van der Waals surface area contributed by atoms with Crippen LogP contribution in [0.2, 0.25) is 0 Å². The van der Waals surface area contributed by atoms with E-state index in [0.717, 1.165) is 39.8 Å². The Morgan fingerprint density at radius 2 is 1.00 bits per heavy atom. The van der Waals surface area contributed by atoms with E-state index in [9.17, 15) is 0 Å². The maximum absolute atomic E-state index is 5.35. The summed E-state index contributed by atoms with van der Waals surface area (Å²) in [5.74, 6) is 0.883. The van der Waals surface area contributed by atoms with Gasteiger partial charge in [0.05, 0.1) is 50.2 Å². The van der Waals surface area contributed by atoms with Gasteiger partial charge in [-0.05, 0) is 92.7 Å². The van der Waals surface area contributed by atoms with Gasteiger partial charge < -0.3 is 9.13 Å². The van der Waals surface area contributed by atoms with Crippen molar-refractivity contribution in [1.29, 1.82) is 0 Å². The molecule has 0 amide bonds. The van der Waals surface area contributed by atoms with Gasteiger partial charge in [-0.25, -0.2) is 9.97 Å². The van der Waals surface area contributed by atoms with Crippen molar-refractivity contribution in [3.63, 3.8) is 0 Å². The zero-order valence-corrected chi connectivity index (χ0v) is 33.3. The summed E-state index contributed by atoms with van der Waals surface area (Å²) in [5.41, 5.74) is 18.2. The molecular weight excluding hydrogens is 755 g/mol. The Labute approximate surface area is 356 Å². The molecule has 0 saturated carbocycles. The first-order valence-corrected chi connectivity index (χ1v) is 21.3. The van der Waals surface area contributed by atoms with Crippen LogP contribution in [0.5, 0.6) is 0 Å². The molecule has 5 heteroatoms. The van der Waals surface area contributed by atoms with Gasteiger partial charge in [-0.2, -0.15) is 0 Å². The SMILES string of the molecule is c1ccc(-n2c3ccccc3c3cc4c(cc32)c2c3ccccc3cc3c2n4-c2ccccc2N3c2ncnc3c2-c2ccccc2C32c3ccccc3-c3ccccc32)cc1. The van der Waals surface area contributed by atoms with Gasteiger partial charge in [-0.3, -0.25) is 4.90 Å². The highest BCUT2D eigenvalue weighted by molar-refractivity contribution is 6.29. The van der Waals surface area contributed by atoms with E-state index in [2.05, 4.69) is 208 Å². The predicted octanol–water partition coefficient (Wildman–Crippen LogP) is 14.0. The highest BCUT2D eigenvalue weighted by atomic mass is 15.3. The van der Waals surface area contributed by atoms with E-state index in [0.29, 0.717) is 0 Å². The Hall–Kier alpha value is -8.28. The molecule has 286 valence electrons. The van der Waals surface area contributed by atoms with Crippen molar-refractivity contribution in [3.8, 4) is 33.6 Å². The van der Waals surface area contributed by atoms with Crippen LogP contribution in [0.4, 0.5) is 17.2 Å². The van der Waals surface area contributed by atoms with Crippen LogP contribution < -0.4 is 4.90 Å². The number of hydrogen-bond acceptors (Lipinski definition) is 3. The summed E-state index contributed by atoms with van der Waals surface area (Å²) >= 11 is 0. The van der Waals surface area contributed by atoms with Gasteiger partial charge in [0.25, 0.3) is 0 Å². The third-order valence-corrected chi connectivity index (χ3v) is 14.1. The lowest BCUT2D eigenvalue weighted by Gasteiger charge is -2.34. The Bertz CT molecular complexity index is 3900. The summed E-state index contributed by atoms with van der Waals surface area (Å²) < 4.78 is 4.95. The van der Waals surface area contributed by atoms with Crippen LogP contribution >= 0.6 is 0 Å². The lowest BCUT2D eigenvalue weighted by Crippen LogP contribution is -2.27. The van der Waals surface area contributed by atoms with E-state index in [1.165, 1.54) is 87.8 Å². The molecule has 0 fully saturated rings. The molecule has 12 aromatic rings. The molecule has 0 unspecified atom stereocenters. The van der Waals surface area contributed by atoms with Crippen LogP contribution in [-0.2, 0) is 5.41 Å². The number of hydrogen-bond donors (Lipinski definition) is 0. The van der Waals surface area contributed by atoms with Crippen LogP contribution in [0.1, 0.15) is 22.4 Å². The van der Waals surface area contributed by atoms with Gasteiger partial charge in [0, 0.05) is 32.8 Å². The second-order valence-electron chi connectivity index (χ2n) is 16.9. The molecule has 5 nitrogen and oxygen atoms in total. The van der Waals surface area contributed by atoms with Crippen LogP contribution in [-0.4, -0.2) is 19.1 Å². The molecule has 15 rings (SSSR count). The van der Waals surface area contributed by atoms with Crippen molar-refractivity contribution in [1.82, 2.24) is 19.1 Å². The van der Waals surface area contributed by atoms with Gasteiger partial charge >= 0.3 is 0 Å². The van der Waals surface area contributed by atoms with Gasteiger partial charge in [-0.15, -0.1) is 0 Å². The quantitative estimate of drug-likeness (QED) is 0.175. The van der Waals surface area contributed by atoms with Crippen molar-refractivity contribution >= 4 is 71.6 Å². The third kappa shape index (κ3) is 3.78. The van der Waals surface area contributed by atoms with E-state index in [1.54, 1.807) is 6.33 Å². The van der Waals surface area contributed by atoms with E-state index in [-0.39, 0.29) is 0 Å². The van der Waals surface area contributed by atoms with E-state index < -0.39 is 5.41 Å². The third-order valence-electron chi connectivity index (χ3n) is 14.1. The Morgan fingerprint density at radius 3 is 1.79 bits per heavy atom. The van der Waals surface area contributed by atoms with Crippen molar-refractivity contribution in [2.45, 2.75) is 5.41 Å². The minimum absolute atomic E-state index is 0.582. The Morgan fingerprint density at radius 1 is 0.403 bits per heavy atom. The smallest absolute Gasteiger partial charge is 0.149 e. The Balaban J connectivity index is 1.09. The van der Waals surface area contributed by atoms with Crippen LogP contribution in [0.3, 0.4) is 0 Å². The molecule has 0 N–H and O–H groups in total. The van der Waals surface area contributed by atoms with E-state index in [4.69, 9.17) is 9.97 Å². The zero-order chi connectivity index (χ0) is 40.3. The summed E-state index contributed by atoms with van der Waals surface area (Å²) in [6.45, 7) is 0. The highest BCUT2D eigenvalue weighted by Crippen LogP contribution is 2.64. The minimum Gasteiger partial charge on any atom is -0.309 e. The number of benzene rings is 9. The highest BCUT2D eigenvalue weighted by Gasteiger charge is 2.54. The zero-order valence-electron chi connectivity index (χ0n) is 33.3. The molecule has 0 saturated heterocycles. The lowest BCUT2D eigenvalue weighted by molar-refractivity contribution is 0.755. The number of nitrogens with zero attached hydrogens (tertiary/aromatic N) is 5. The van der Waals surface area contributed by atoms with Crippen molar-refractivity contribution in [2.24, 2.45) is 0 Å². The molecule has 2 aliphatic carbocycles. The van der Waals surface area contributed by atoms with Gasteiger partial charge in [0.15, 0.2) is 0 Å². The summed E-state index contributed by atoms with van der Waals surface area (Å²) in [5, 5.41) is 7.34. The molecule has 3 aliphatic rings. The van der Waals surface area contributed by atoms with Gasteiger partial charge in [0.1, 0.15) is 12.1 Å². The van der Waals surface area contributed by atoms with Crippen molar-refractivity contribution in [2.75, 3.05) is 4.90 Å². The largest absolute Gasteiger partial charge is 0.309 e. The number of aromatic nitrogens is 4. The summed E-state index contributed by atoms with van der Waals surface area (Å²) in [4.78, 5) is 13.1. The first-order valence-electron chi connectivity index (χ1n) is 21.3. The topological polar surface area (TPSA) is 38.9 Å². The second-order valence-corrected chi connectivity index (χ2v) is 16.9. The average Bonchev–Trinajstić information content (AvgIpc) is 4.04. The van der Waals surface area contributed by atoms with Crippen molar-refractivity contribution in [3.05, 3.63) is 223 Å². The molecule has 4 heterocycles. The standard InChI is InChI=1S/C57H33N5/c1-2-17-35(18-3-1)60-46-27-13-9-22-39(46)41-31-50-42(32-49(41)60)52-36-19-5-4-16-34(36)30-51-54(52)61(50)47-28-14-15-29-48(47)62(51)56-53-40-23-8-12-26-45(40)57(55(53)58-33-59-56)43-24-10-6-20-37(43)38-21-7-11-25-44(38)57/h1-33H. The number of para-hydroxylation sites is 4. The van der Waals surface area contributed by atoms with Crippen LogP contribution in [0.15, 0.2) is 200 Å². The summed E-state index contributed by atoms with van der Waals surface area (Å²) in [7, 11) is 0. The molecule has 62 heavy (non-hydrogen) atoms. The number of anilines is 3. The normalized spacial score (nSPS) is 13.9. The fourth-order valence-corrected chi connectivity index (χ4v) is 11.8. The fraction of sp³-hybridized carbons (Fsp3) is 0.0175. The second kappa shape index (κ2) is 11.5. The summed E-state index contributed by atoms with van der Waals surface area (Å²) in [6, 6.07) is 71.3. The van der Waals surface area contributed by atoms with Crippen molar-refractivity contribution < 1.29 is 0 Å². The maximum atomic E-state index is 5.35. The molecule has 3 aromatic heterocycles. The van der Waals surface area contributed by atoms with Crippen LogP contribution in [0, 0.1) is 0 Å². The first kappa shape index (κ1) is 32.6. The molecule has 0 atom stereocenters. The fourth-order valence-electron chi connectivity index (χ4n) is 11.8. The van der Waals surface area contributed by atoms with E-state index in [1.807, 2.05) is 0 Å². The predicted molar refractivity (Wildman–Crippen MR) is 253 cm³/mol. The lowest BCUT2D eigenvalue weighted by atomic mass is 9.72. The summed E-state index contributed by atoms with van der Waals surface area (Å²) in [6.07, 6.45) is 1.80. The number of rotatable bonds is 2. The first-order chi connectivity index (χ1) is 30.8. The molecule has 1 aliphatic heterocycles. The maximum Gasteiger partial charge on any atom is 0.149 e.